The van der Waals surface area contributed by atoms with Gasteiger partial charge in [-0.25, -0.2) is 0 Å². The molecule has 0 atom stereocenters. The smallest absolute Gasteiger partial charge is 0.279 e. The van der Waals surface area contributed by atoms with E-state index in [9.17, 15) is 14.9 Å². The second-order valence-corrected chi connectivity index (χ2v) is 7.41. The van der Waals surface area contributed by atoms with Crippen molar-refractivity contribution in [3.63, 3.8) is 0 Å². The Bertz CT molecular complexity index is 1090. The van der Waals surface area contributed by atoms with Gasteiger partial charge in [-0.05, 0) is 31.9 Å². The number of non-ortho nitro benzene ring substituents is 1. The fourth-order valence-corrected chi connectivity index (χ4v) is 4.16. The van der Waals surface area contributed by atoms with E-state index in [2.05, 4.69) is 36.2 Å². The maximum atomic E-state index is 12.7. The first-order valence-corrected chi connectivity index (χ1v) is 9.89. The van der Waals surface area contributed by atoms with Gasteiger partial charge in [-0.1, -0.05) is 42.8 Å². The number of nitro benzene ring substituents is 1. The number of carbonyl (C=O) groups is 1. The number of nitrogens with zero attached hydrogens (tertiary/aromatic N) is 3. The van der Waals surface area contributed by atoms with Crippen molar-refractivity contribution in [2.75, 3.05) is 0 Å². The molecule has 0 fully saturated rings. The van der Waals surface area contributed by atoms with E-state index >= 15 is 0 Å². The van der Waals surface area contributed by atoms with Gasteiger partial charge < -0.3 is 4.57 Å². The summed E-state index contributed by atoms with van der Waals surface area (Å²) >= 11 is 1.48. The summed E-state index contributed by atoms with van der Waals surface area (Å²) in [6.07, 6.45) is 0.828. The molecule has 6 nitrogen and oxygen atoms in total. The standard InChI is InChI=1S/C21H21N3O3S/c1-4-18-19(15-11-9-14(3)10-12-15)23(5-2)21(28-18)22-20(25)16-7-6-8-17(13-16)24(26)27/h6-13H,4-5H2,1-3H3. The van der Waals surface area contributed by atoms with E-state index in [-0.39, 0.29) is 11.3 Å². The van der Waals surface area contributed by atoms with E-state index < -0.39 is 10.8 Å². The first-order valence-electron chi connectivity index (χ1n) is 9.07. The fourth-order valence-electron chi connectivity index (χ4n) is 3.01. The molecule has 0 spiro atoms. The quantitative estimate of drug-likeness (QED) is 0.462. The fraction of sp³-hybridized carbons (Fsp3) is 0.238. The van der Waals surface area contributed by atoms with Gasteiger partial charge in [0.1, 0.15) is 0 Å². The molecule has 7 heteroatoms. The number of nitro groups is 1. The van der Waals surface area contributed by atoms with Gasteiger partial charge in [0, 0.05) is 29.1 Å². The third kappa shape index (κ3) is 3.94. The van der Waals surface area contributed by atoms with E-state index in [0.29, 0.717) is 11.3 Å². The molecular weight excluding hydrogens is 374 g/mol. The van der Waals surface area contributed by atoms with Crippen LogP contribution in [-0.2, 0) is 13.0 Å². The number of amides is 1. The van der Waals surface area contributed by atoms with Gasteiger partial charge in [0.05, 0.1) is 10.6 Å². The van der Waals surface area contributed by atoms with Crippen molar-refractivity contribution in [1.29, 1.82) is 0 Å². The molecule has 0 aliphatic rings. The van der Waals surface area contributed by atoms with Crippen LogP contribution in [0.2, 0.25) is 0 Å². The first kappa shape index (κ1) is 19.7. The lowest BCUT2D eigenvalue weighted by Gasteiger charge is -2.09. The Labute approximate surface area is 167 Å². The highest BCUT2D eigenvalue weighted by atomic mass is 32.1. The summed E-state index contributed by atoms with van der Waals surface area (Å²) in [5, 5.41) is 11.0. The zero-order chi connectivity index (χ0) is 20.3. The van der Waals surface area contributed by atoms with Crippen LogP contribution in [0.15, 0.2) is 53.5 Å². The highest BCUT2D eigenvalue weighted by molar-refractivity contribution is 7.09. The molecule has 0 saturated carbocycles. The van der Waals surface area contributed by atoms with Gasteiger partial charge >= 0.3 is 0 Å². The predicted molar refractivity (Wildman–Crippen MR) is 111 cm³/mol. The molecule has 3 aromatic rings. The Morgan fingerprint density at radius 1 is 1.18 bits per heavy atom. The topological polar surface area (TPSA) is 77.5 Å². The average Bonchev–Trinajstić information content (AvgIpc) is 3.05. The summed E-state index contributed by atoms with van der Waals surface area (Å²) in [4.78, 5) is 29.1. The molecule has 3 rings (SSSR count). The number of aromatic nitrogens is 1. The summed E-state index contributed by atoms with van der Waals surface area (Å²) < 4.78 is 2.03. The van der Waals surface area contributed by atoms with Crippen LogP contribution in [-0.4, -0.2) is 15.4 Å². The number of hydrogen-bond acceptors (Lipinski definition) is 4. The van der Waals surface area contributed by atoms with Crippen LogP contribution in [0.3, 0.4) is 0 Å². The van der Waals surface area contributed by atoms with Crippen molar-refractivity contribution in [2.45, 2.75) is 33.7 Å². The maximum Gasteiger partial charge on any atom is 0.279 e. The molecule has 0 aliphatic carbocycles. The van der Waals surface area contributed by atoms with Gasteiger partial charge in [-0.15, -0.1) is 11.3 Å². The molecule has 28 heavy (non-hydrogen) atoms. The van der Waals surface area contributed by atoms with Gasteiger partial charge in [-0.2, -0.15) is 4.99 Å². The average molecular weight is 395 g/mol. The molecule has 1 heterocycles. The molecule has 0 N–H and O–H groups in total. The molecule has 144 valence electrons. The minimum Gasteiger partial charge on any atom is -0.316 e. The van der Waals surface area contributed by atoms with Crippen LogP contribution in [0, 0.1) is 17.0 Å². The predicted octanol–water partition coefficient (Wildman–Crippen LogP) is 4.76. The zero-order valence-corrected chi connectivity index (χ0v) is 16.8. The summed E-state index contributed by atoms with van der Waals surface area (Å²) in [6.45, 7) is 6.81. The highest BCUT2D eigenvalue weighted by Gasteiger charge is 2.16. The van der Waals surface area contributed by atoms with E-state index in [0.717, 1.165) is 22.6 Å². The molecule has 0 unspecified atom stereocenters. The normalized spacial score (nSPS) is 11.6. The van der Waals surface area contributed by atoms with Crippen LogP contribution in [0.4, 0.5) is 5.69 Å². The summed E-state index contributed by atoms with van der Waals surface area (Å²) in [7, 11) is 0. The molecule has 2 aromatic carbocycles. The largest absolute Gasteiger partial charge is 0.316 e. The van der Waals surface area contributed by atoms with Crippen LogP contribution in [0.5, 0.6) is 0 Å². The Morgan fingerprint density at radius 3 is 2.50 bits per heavy atom. The van der Waals surface area contributed by atoms with E-state index in [4.69, 9.17) is 0 Å². The molecule has 0 saturated heterocycles. The minimum atomic E-state index is -0.515. The maximum absolute atomic E-state index is 12.7. The van der Waals surface area contributed by atoms with E-state index in [1.807, 2.05) is 18.4 Å². The number of thiazole rings is 1. The molecule has 1 aromatic heterocycles. The third-order valence-corrected chi connectivity index (χ3v) is 5.67. The molecule has 1 amide bonds. The Hall–Kier alpha value is -3.06. The SMILES string of the molecule is CCc1sc(=NC(=O)c2cccc([N+](=O)[O-])c2)n(CC)c1-c1ccc(C)cc1. The second kappa shape index (κ2) is 8.31. The minimum absolute atomic E-state index is 0.120. The molecule has 0 aliphatic heterocycles. The number of hydrogen-bond donors (Lipinski definition) is 0. The summed E-state index contributed by atoms with van der Waals surface area (Å²) in [5.41, 5.74) is 3.43. The van der Waals surface area contributed by atoms with Crippen LogP contribution in [0.25, 0.3) is 11.3 Å². The van der Waals surface area contributed by atoms with Crippen molar-refractivity contribution in [2.24, 2.45) is 4.99 Å². The van der Waals surface area contributed by atoms with Crippen molar-refractivity contribution in [3.05, 3.63) is 79.5 Å². The number of aryl methyl sites for hydroxylation is 2. The van der Waals surface area contributed by atoms with Crippen molar-refractivity contribution in [1.82, 2.24) is 4.57 Å². The van der Waals surface area contributed by atoms with Crippen molar-refractivity contribution in [3.8, 4) is 11.3 Å². The summed E-state index contributed by atoms with van der Waals surface area (Å²) in [6, 6.07) is 14.0. The second-order valence-electron chi connectivity index (χ2n) is 6.34. The van der Waals surface area contributed by atoms with Crippen LogP contribution in [0.1, 0.15) is 34.6 Å². The Balaban J connectivity index is 2.11. The highest BCUT2D eigenvalue weighted by Crippen LogP contribution is 2.27. The summed E-state index contributed by atoms with van der Waals surface area (Å²) in [5.74, 6) is -0.481. The lowest BCUT2D eigenvalue weighted by Crippen LogP contribution is -2.17. The zero-order valence-electron chi connectivity index (χ0n) is 16.0. The lowest BCUT2D eigenvalue weighted by molar-refractivity contribution is -0.384. The van der Waals surface area contributed by atoms with Gasteiger partial charge in [0.25, 0.3) is 11.6 Å². The van der Waals surface area contributed by atoms with E-state index in [1.165, 1.54) is 35.1 Å². The van der Waals surface area contributed by atoms with Gasteiger partial charge in [0.2, 0.25) is 0 Å². The Morgan fingerprint density at radius 2 is 1.89 bits per heavy atom. The number of carbonyl (C=O) groups excluding carboxylic acids is 1. The molecule has 0 bridgehead atoms. The number of rotatable bonds is 5. The van der Waals surface area contributed by atoms with E-state index in [1.54, 1.807) is 6.07 Å². The molecule has 0 radical (unpaired) electrons. The lowest BCUT2D eigenvalue weighted by atomic mass is 10.1. The van der Waals surface area contributed by atoms with Crippen LogP contribution < -0.4 is 4.80 Å². The van der Waals surface area contributed by atoms with Crippen molar-refractivity contribution < 1.29 is 9.72 Å². The first-order chi connectivity index (χ1) is 13.4. The van der Waals surface area contributed by atoms with Gasteiger partial charge in [0.15, 0.2) is 4.80 Å². The Kier molecular flexibility index (Phi) is 5.84. The molecular formula is C21H21N3O3S. The van der Waals surface area contributed by atoms with Crippen LogP contribution >= 0.6 is 11.3 Å². The van der Waals surface area contributed by atoms with Gasteiger partial charge in [-0.3, -0.25) is 14.9 Å². The van der Waals surface area contributed by atoms with Crippen molar-refractivity contribution >= 4 is 22.9 Å². The monoisotopic (exact) mass is 395 g/mol. The third-order valence-electron chi connectivity index (χ3n) is 4.44. The number of benzene rings is 2.